The molecule has 0 aliphatic heterocycles. The molecule has 0 radical (unpaired) electrons. The van der Waals surface area contributed by atoms with Crippen molar-refractivity contribution in [3.63, 3.8) is 0 Å². The average Bonchev–Trinajstić information content (AvgIpc) is 3.08. The molecule has 0 bridgehead atoms. The van der Waals surface area contributed by atoms with Crippen LogP contribution in [0.15, 0.2) is 78.9 Å². The Kier molecular flexibility index (Phi) is 4.10. The number of rotatable bonds is 3. The monoisotopic (exact) mass is 386 g/mol. The van der Waals surface area contributed by atoms with Crippen molar-refractivity contribution in [3.8, 4) is 11.3 Å². The van der Waals surface area contributed by atoms with Crippen LogP contribution in [0.5, 0.6) is 0 Å². The molecule has 0 amide bonds. The Hall–Kier alpha value is -3.17. The molecule has 1 N–H and O–H groups in total. The van der Waals surface area contributed by atoms with Gasteiger partial charge in [0, 0.05) is 34.0 Å². The summed E-state index contributed by atoms with van der Waals surface area (Å²) in [4.78, 5) is 8.44. The van der Waals surface area contributed by atoms with Crippen molar-refractivity contribution in [2.45, 2.75) is 6.42 Å². The minimum Gasteiger partial charge on any atom is -0.353 e. The number of fused-ring (bicyclic) bond motifs is 3. The summed E-state index contributed by atoms with van der Waals surface area (Å²) in [7, 11) is 0. The van der Waals surface area contributed by atoms with Crippen molar-refractivity contribution in [1.29, 1.82) is 0 Å². The number of nitrogens with one attached hydrogen (secondary N) is 1. The molecule has 28 heavy (non-hydrogen) atoms. The van der Waals surface area contributed by atoms with E-state index in [1.165, 1.54) is 12.1 Å². The third-order valence-corrected chi connectivity index (χ3v) is 5.31. The van der Waals surface area contributed by atoms with Gasteiger partial charge in [-0.15, -0.1) is 0 Å². The predicted octanol–water partition coefficient (Wildman–Crippen LogP) is 6.77. The highest BCUT2D eigenvalue weighted by Gasteiger charge is 2.15. The van der Waals surface area contributed by atoms with Crippen LogP contribution in [0.1, 0.15) is 11.3 Å². The van der Waals surface area contributed by atoms with Crippen LogP contribution < -0.4 is 0 Å². The van der Waals surface area contributed by atoms with E-state index in [9.17, 15) is 4.39 Å². The minimum atomic E-state index is -0.236. The van der Waals surface area contributed by atoms with E-state index < -0.39 is 0 Å². The standard InChI is InChI=1S/C24H16ClFN2/c25-21-7-3-1-6-19(21)23-24-20(18-5-2-4-8-22(18)28-24)14-17(27-23)13-15-9-11-16(26)12-10-15/h1-12,14,28H,13H2. The Labute approximate surface area is 166 Å². The second kappa shape index (κ2) is 6.77. The van der Waals surface area contributed by atoms with E-state index in [-0.39, 0.29) is 5.82 Å². The molecule has 4 heteroatoms. The van der Waals surface area contributed by atoms with Crippen LogP contribution in [-0.2, 0) is 6.42 Å². The molecule has 0 atom stereocenters. The first-order valence-corrected chi connectivity index (χ1v) is 9.46. The number of pyridine rings is 1. The number of hydrogen-bond donors (Lipinski definition) is 1. The molecule has 0 fully saturated rings. The lowest BCUT2D eigenvalue weighted by Crippen LogP contribution is -1.96. The summed E-state index contributed by atoms with van der Waals surface area (Å²) in [6.45, 7) is 0. The smallest absolute Gasteiger partial charge is 0.123 e. The predicted molar refractivity (Wildman–Crippen MR) is 113 cm³/mol. The van der Waals surface area contributed by atoms with E-state index >= 15 is 0 Å². The summed E-state index contributed by atoms with van der Waals surface area (Å²) in [6.07, 6.45) is 0.618. The molecule has 0 saturated carbocycles. The van der Waals surface area contributed by atoms with Gasteiger partial charge in [0.25, 0.3) is 0 Å². The topological polar surface area (TPSA) is 28.7 Å². The van der Waals surface area contributed by atoms with Gasteiger partial charge in [-0.05, 0) is 35.9 Å². The molecular weight excluding hydrogens is 371 g/mol. The lowest BCUT2D eigenvalue weighted by Gasteiger charge is -2.09. The summed E-state index contributed by atoms with van der Waals surface area (Å²) < 4.78 is 13.3. The molecular formula is C24H16ClFN2. The SMILES string of the molecule is Fc1ccc(Cc2cc3c([nH]c4ccccc43)c(-c3ccccc3Cl)n2)cc1. The van der Waals surface area contributed by atoms with E-state index in [1.807, 2.05) is 36.4 Å². The van der Waals surface area contributed by atoms with E-state index in [0.717, 1.165) is 44.3 Å². The zero-order valence-corrected chi connectivity index (χ0v) is 15.7. The van der Waals surface area contributed by atoms with Crippen LogP contribution in [0, 0.1) is 5.82 Å². The average molecular weight is 387 g/mol. The number of H-pyrrole nitrogens is 1. The highest BCUT2D eigenvalue weighted by atomic mass is 35.5. The number of aromatic amines is 1. The Morgan fingerprint density at radius 2 is 1.61 bits per heavy atom. The molecule has 0 unspecified atom stereocenters. The molecule has 2 heterocycles. The van der Waals surface area contributed by atoms with Crippen LogP contribution in [0.2, 0.25) is 5.02 Å². The fourth-order valence-corrected chi connectivity index (χ4v) is 3.87. The normalized spacial score (nSPS) is 11.4. The van der Waals surface area contributed by atoms with Crippen molar-refractivity contribution < 1.29 is 4.39 Å². The van der Waals surface area contributed by atoms with Crippen molar-refractivity contribution in [2.75, 3.05) is 0 Å². The van der Waals surface area contributed by atoms with Gasteiger partial charge in [-0.3, -0.25) is 4.98 Å². The number of para-hydroxylation sites is 1. The maximum Gasteiger partial charge on any atom is 0.123 e. The second-order valence-electron chi connectivity index (χ2n) is 6.84. The Balaban J connectivity index is 1.76. The Morgan fingerprint density at radius 3 is 2.43 bits per heavy atom. The Bertz CT molecular complexity index is 1310. The number of benzene rings is 3. The van der Waals surface area contributed by atoms with E-state index in [0.29, 0.717) is 11.4 Å². The highest BCUT2D eigenvalue weighted by Crippen LogP contribution is 2.35. The van der Waals surface area contributed by atoms with Crippen molar-refractivity contribution >= 4 is 33.4 Å². The lowest BCUT2D eigenvalue weighted by molar-refractivity contribution is 0.627. The van der Waals surface area contributed by atoms with Crippen LogP contribution in [0.25, 0.3) is 33.1 Å². The number of halogens is 2. The highest BCUT2D eigenvalue weighted by molar-refractivity contribution is 6.33. The van der Waals surface area contributed by atoms with Gasteiger partial charge in [0.1, 0.15) is 5.82 Å². The maximum absolute atomic E-state index is 13.3. The summed E-state index contributed by atoms with van der Waals surface area (Å²) in [6, 6.07) is 24.6. The van der Waals surface area contributed by atoms with E-state index in [4.69, 9.17) is 16.6 Å². The summed E-state index contributed by atoms with van der Waals surface area (Å²) >= 11 is 6.49. The fraction of sp³-hybridized carbons (Fsp3) is 0.0417. The first kappa shape index (κ1) is 17.0. The third-order valence-electron chi connectivity index (χ3n) is 4.98. The quantitative estimate of drug-likeness (QED) is 0.364. The second-order valence-corrected chi connectivity index (χ2v) is 7.25. The molecule has 2 nitrogen and oxygen atoms in total. The van der Waals surface area contributed by atoms with Gasteiger partial charge in [0.2, 0.25) is 0 Å². The van der Waals surface area contributed by atoms with Crippen LogP contribution in [0.3, 0.4) is 0 Å². The molecule has 136 valence electrons. The molecule has 0 saturated heterocycles. The molecule has 2 aromatic heterocycles. The van der Waals surface area contributed by atoms with Crippen molar-refractivity contribution in [1.82, 2.24) is 9.97 Å². The van der Waals surface area contributed by atoms with E-state index in [1.54, 1.807) is 12.1 Å². The first-order chi connectivity index (χ1) is 13.7. The van der Waals surface area contributed by atoms with Crippen LogP contribution in [-0.4, -0.2) is 9.97 Å². The van der Waals surface area contributed by atoms with Gasteiger partial charge in [0.05, 0.1) is 16.2 Å². The van der Waals surface area contributed by atoms with E-state index in [2.05, 4.69) is 23.2 Å². The number of aromatic nitrogens is 2. The molecule has 5 rings (SSSR count). The van der Waals surface area contributed by atoms with Crippen LogP contribution in [0.4, 0.5) is 4.39 Å². The summed E-state index contributed by atoms with van der Waals surface area (Å²) in [5.74, 6) is -0.236. The molecule has 3 aromatic carbocycles. The van der Waals surface area contributed by atoms with Gasteiger partial charge in [-0.2, -0.15) is 0 Å². The number of nitrogens with zero attached hydrogens (tertiary/aromatic N) is 1. The fourth-order valence-electron chi connectivity index (χ4n) is 3.65. The molecule has 0 aliphatic rings. The van der Waals surface area contributed by atoms with Crippen LogP contribution >= 0.6 is 11.6 Å². The Morgan fingerprint density at radius 1 is 0.857 bits per heavy atom. The lowest BCUT2D eigenvalue weighted by atomic mass is 10.0. The van der Waals surface area contributed by atoms with Gasteiger partial charge < -0.3 is 4.98 Å². The zero-order chi connectivity index (χ0) is 19.1. The molecule has 5 aromatic rings. The van der Waals surface area contributed by atoms with Gasteiger partial charge in [0.15, 0.2) is 0 Å². The molecule has 0 aliphatic carbocycles. The number of hydrogen-bond acceptors (Lipinski definition) is 1. The van der Waals surface area contributed by atoms with Gasteiger partial charge in [-0.1, -0.05) is 60.1 Å². The third kappa shape index (κ3) is 2.94. The zero-order valence-electron chi connectivity index (χ0n) is 14.9. The largest absolute Gasteiger partial charge is 0.353 e. The maximum atomic E-state index is 13.3. The van der Waals surface area contributed by atoms with Crippen molar-refractivity contribution in [3.05, 3.63) is 101 Å². The first-order valence-electron chi connectivity index (χ1n) is 9.09. The van der Waals surface area contributed by atoms with Gasteiger partial charge >= 0.3 is 0 Å². The van der Waals surface area contributed by atoms with Crippen molar-refractivity contribution in [2.24, 2.45) is 0 Å². The summed E-state index contributed by atoms with van der Waals surface area (Å²) in [5.41, 5.74) is 5.68. The van der Waals surface area contributed by atoms with Gasteiger partial charge in [-0.25, -0.2) is 4.39 Å². The summed E-state index contributed by atoms with van der Waals surface area (Å²) in [5, 5.41) is 2.92. The molecule has 0 spiro atoms. The minimum absolute atomic E-state index is 0.236.